The Hall–Kier alpha value is -3.86. The number of aromatic amines is 1. The highest BCUT2D eigenvalue weighted by atomic mass is 16.1. The molecule has 3 aromatic heterocycles. The Balaban J connectivity index is 0.00000189. The van der Waals surface area contributed by atoms with Crippen molar-refractivity contribution < 1.29 is 4.79 Å². The van der Waals surface area contributed by atoms with E-state index in [2.05, 4.69) is 46.2 Å². The van der Waals surface area contributed by atoms with Gasteiger partial charge in [-0.1, -0.05) is 19.9 Å². The number of hydrogen-bond donors (Lipinski definition) is 3. The van der Waals surface area contributed by atoms with Gasteiger partial charge in [-0.2, -0.15) is 5.10 Å². The van der Waals surface area contributed by atoms with Gasteiger partial charge in [0.15, 0.2) is 5.69 Å². The molecule has 4 heterocycles. The Morgan fingerprint density at radius 1 is 1.02 bits per heavy atom. The van der Waals surface area contributed by atoms with Crippen molar-refractivity contribution in [3.8, 4) is 11.1 Å². The van der Waals surface area contributed by atoms with E-state index >= 15 is 0 Å². The number of likely N-dealkylation sites (tertiary alicyclic amines) is 1. The van der Waals surface area contributed by atoms with Crippen LogP contribution in [0.5, 0.6) is 0 Å². The molecule has 1 saturated heterocycles. The maximum Gasteiger partial charge on any atom is 0.276 e. The third-order valence-corrected chi connectivity index (χ3v) is 7.22. The smallest absolute Gasteiger partial charge is 0.276 e. The second-order valence-electron chi connectivity index (χ2n) is 10.6. The zero-order chi connectivity index (χ0) is 29.4. The van der Waals surface area contributed by atoms with E-state index in [1.807, 2.05) is 77.7 Å². The number of nitrogens with one attached hydrogen (secondary N) is 2. The Labute approximate surface area is 243 Å². The number of amides is 1. The molecule has 0 spiro atoms. The van der Waals surface area contributed by atoms with Crippen molar-refractivity contribution in [2.24, 2.45) is 5.73 Å². The molecular weight excluding hydrogens is 514 g/mol. The number of aromatic nitrogens is 4. The fourth-order valence-electron chi connectivity index (χ4n) is 4.81. The fourth-order valence-corrected chi connectivity index (χ4v) is 4.81. The molecule has 0 atom stereocenters. The number of rotatable bonds is 9. The summed E-state index contributed by atoms with van der Waals surface area (Å²) in [6.07, 6.45) is 7.52. The molecule has 0 aliphatic carbocycles. The van der Waals surface area contributed by atoms with Crippen LogP contribution in [-0.2, 0) is 6.54 Å². The van der Waals surface area contributed by atoms with Crippen molar-refractivity contribution >= 4 is 28.3 Å². The van der Waals surface area contributed by atoms with Gasteiger partial charge in [-0.15, -0.1) is 0 Å². The average molecular weight is 558 g/mol. The topological polar surface area (TPSA) is 119 Å². The lowest BCUT2D eigenvalue weighted by Gasteiger charge is -2.30. The monoisotopic (exact) mass is 557 g/mol. The van der Waals surface area contributed by atoms with Gasteiger partial charge >= 0.3 is 0 Å². The van der Waals surface area contributed by atoms with E-state index in [1.165, 1.54) is 0 Å². The summed E-state index contributed by atoms with van der Waals surface area (Å²) >= 11 is 0. The maximum atomic E-state index is 13.2. The zero-order valence-corrected chi connectivity index (χ0v) is 24.9. The summed E-state index contributed by atoms with van der Waals surface area (Å²) < 4.78 is 0. The molecule has 5 rings (SSSR count). The average Bonchev–Trinajstić information content (AvgIpc) is 3.42. The minimum absolute atomic E-state index is 0.288. The number of benzene rings is 1. The number of piperidine rings is 1. The normalized spacial score (nSPS) is 14.1. The quantitative estimate of drug-likeness (QED) is 0.280. The van der Waals surface area contributed by atoms with Crippen LogP contribution in [0, 0.1) is 0 Å². The first kappa shape index (κ1) is 30.1. The van der Waals surface area contributed by atoms with Gasteiger partial charge in [0.1, 0.15) is 5.82 Å². The minimum Gasteiger partial charge on any atom is -0.358 e. The highest BCUT2D eigenvalue weighted by molar-refractivity contribution is 6.11. The number of fused-ring (bicyclic) bond motifs is 1. The highest BCUT2D eigenvalue weighted by Gasteiger charge is 2.18. The van der Waals surface area contributed by atoms with Crippen LogP contribution in [0.25, 0.3) is 22.0 Å². The van der Waals surface area contributed by atoms with Crippen LogP contribution < -0.4 is 16.0 Å². The predicted octanol–water partition coefficient (Wildman–Crippen LogP) is 4.22. The standard InChI is InChI=1S/C29H37N9O.C2H6/c1-36(2)12-13-37(3)27-7-5-24(18-32-27)33-29(39)28-25-15-21(4-6-26(25)34-35-28)22-14-20(16-31-17-22)19-38-10-8-23(30)9-11-38;1-2/h4-7,14-18,23H,8-13,19,30H2,1-3H3,(H,33,39)(H,34,35);1-2H3. The van der Waals surface area contributed by atoms with E-state index in [0.717, 1.165) is 79.0 Å². The van der Waals surface area contributed by atoms with Crippen molar-refractivity contribution in [2.75, 3.05) is 57.5 Å². The van der Waals surface area contributed by atoms with E-state index in [9.17, 15) is 4.79 Å². The van der Waals surface area contributed by atoms with Gasteiger partial charge in [0.05, 0.1) is 17.4 Å². The van der Waals surface area contributed by atoms with Crippen LogP contribution >= 0.6 is 0 Å². The first-order chi connectivity index (χ1) is 19.9. The molecule has 0 bridgehead atoms. The van der Waals surface area contributed by atoms with E-state index < -0.39 is 0 Å². The molecular formula is C31H43N9O. The van der Waals surface area contributed by atoms with Crippen LogP contribution in [0.2, 0.25) is 0 Å². The van der Waals surface area contributed by atoms with Crippen LogP contribution in [0.3, 0.4) is 0 Å². The lowest BCUT2D eigenvalue weighted by Crippen LogP contribution is -2.39. The van der Waals surface area contributed by atoms with Gasteiger partial charge in [0, 0.05) is 56.1 Å². The molecule has 4 aromatic rings. The van der Waals surface area contributed by atoms with Gasteiger partial charge < -0.3 is 20.9 Å². The SMILES string of the molecule is CC.CN(C)CCN(C)c1ccc(NC(=O)c2n[nH]c3ccc(-c4cncc(CN5CCC(N)CC5)c4)cc23)cn1. The van der Waals surface area contributed by atoms with Gasteiger partial charge in [0.25, 0.3) is 5.91 Å². The summed E-state index contributed by atoms with van der Waals surface area (Å²) in [5.41, 5.74) is 11.0. The Kier molecular flexibility index (Phi) is 10.4. The molecule has 1 aliphatic rings. The number of carbonyl (C=O) groups excluding carboxylic acids is 1. The number of pyridine rings is 2. The van der Waals surface area contributed by atoms with Crippen molar-refractivity contribution in [3.05, 3.63) is 66.2 Å². The van der Waals surface area contributed by atoms with Crippen LogP contribution in [0.15, 0.2) is 55.0 Å². The molecule has 0 unspecified atom stereocenters. The number of nitrogens with zero attached hydrogens (tertiary/aromatic N) is 6. The molecule has 218 valence electrons. The first-order valence-corrected chi connectivity index (χ1v) is 14.4. The molecule has 0 radical (unpaired) electrons. The third-order valence-electron chi connectivity index (χ3n) is 7.22. The van der Waals surface area contributed by atoms with E-state index in [4.69, 9.17) is 5.73 Å². The maximum absolute atomic E-state index is 13.2. The number of H-pyrrole nitrogens is 1. The summed E-state index contributed by atoms with van der Waals surface area (Å²) in [5, 5.41) is 11.0. The molecule has 1 aliphatic heterocycles. The lowest BCUT2D eigenvalue weighted by molar-refractivity contribution is 0.102. The molecule has 0 saturated carbocycles. The van der Waals surface area contributed by atoms with Crippen molar-refractivity contribution in [2.45, 2.75) is 39.3 Å². The van der Waals surface area contributed by atoms with E-state index in [1.54, 1.807) is 6.20 Å². The number of anilines is 2. The first-order valence-electron chi connectivity index (χ1n) is 14.4. The molecule has 10 heteroatoms. The Morgan fingerprint density at radius 2 is 1.80 bits per heavy atom. The van der Waals surface area contributed by atoms with Gasteiger partial charge in [-0.05, 0) is 81.5 Å². The summed E-state index contributed by atoms with van der Waals surface area (Å²) in [4.78, 5) is 28.8. The largest absolute Gasteiger partial charge is 0.358 e. The number of carbonyl (C=O) groups is 1. The minimum atomic E-state index is -0.288. The number of likely N-dealkylation sites (N-methyl/N-ethyl adjacent to an activating group) is 2. The summed E-state index contributed by atoms with van der Waals surface area (Å²) in [5.74, 6) is 0.563. The highest BCUT2D eigenvalue weighted by Crippen LogP contribution is 2.27. The van der Waals surface area contributed by atoms with Crippen LogP contribution in [0.1, 0.15) is 42.7 Å². The van der Waals surface area contributed by atoms with Gasteiger partial charge in [0.2, 0.25) is 0 Å². The summed E-state index contributed by atoms with van der Waals surface area (Å²) in [6.45, 7) is 8.66. The summed E-state index contributed by atoms with van der Waals surface area (Å²) in [6, 6.07) is 12.2. The van der Waals surface area contributed by atoms with E-state index in [-0.39, 0.29) is 5.91 Å². The second kappa shape index (κ2) is 14.2. The van der Waals surface area contributed by atoms with E-state index in [0.29, 0.717) is 17.4 Å². The van der Waals surface area contributed by atoms with Crippen LogP contribution in [-0.4, -0.2) is 89.2 Å². The Morgan fingerprint density at radius 3 is 2.51 bits per heavy atom. The molecule has 1 amide bonds. The van der Waals surface area contributed by atoms with Crippen molar-refractivity contribution in [1.82, 2.24) is 30.0 Å². The number of hydrogen-bond acceptors (Lipinski definition) is 8. The Bertz CT molecular complexity index is 1410. The van der Waals surface area contributed by atoms with Gasteiger partial charge in [-0.3, -0.25) is 19.8 Å². The van der Waals surface area contributed by atoms with Crippen molar-refractivity contribution in [3.63, 3.8) is 0 Å². The lowest BCUT2D eigenvalue weighted by atomic mass is 10.0. The molecule has 4 N–H and O–H groups in total. The number of nitrogens with two attached hydrogens (primary N) is 1. The molecule has 1 aromatic carbocycles. The van der Waals surface area contributed by atoms with Gasteiger partial charge in [-0.25, -0.2) is 4.98 Å². The van der Waals surface area contributed by atoms with Crippen molar-refractivity contribution in [1.29, 1.82) is 0 Å². The third kappa shape index (κ3) is 7.87. The molecule has 10 nitrogen and oxygen atoms in total. The second-order valence-corrected chi connectivity index (χ2v) is 10.6. The molecule has 41 heavy (non-hydrogen) atoms. The van der Waals surface area contributed by atoms with Crippen LogP contribution in [0.4, 0.5) is 11.5 Å². The predicted molar refractivity (Wildman–Crippen MR) is 167 cm³/mol. The molecule has 1 fully saturated rings. The zero-order valence-electron chi connectivity index (χ0n) is 24.9. The summed E-state index contributed by atoms with van der Waals surface area (Å²) in [7, 11) is 6.10. The fraction of sp³-hybridized carbons (Fsp3) is 0.419.